The summed E-state index contributed by atoms with van der Waals surface area (Å²) >= 11 is 0. The first kappa shape index (κ1) is 33.1. The highest BCUT2D eigenvalue weighted by molar-refractivity contribution is 7.47. The largest absolute Gasteiger partial charge is 0.546 e. The highest BCUT2D eigenvalue weighted by atomic mass is 31.1. The van der Waals surface area contributed by atoms with Gasteiger partial charge in [-0.2, -0.15) is 4.89 Å². The molecule has 0 aliphatic carbocycles. The molecule has 3 atom stereocenters. The van der Waals surface area contributed by atoms with Crippen LogP contribution in [0.15, 0.2) is 65.1 Å². The average molecular weight is 589 g/mol. The molecule has 0 aliphatic heterocycles. The molecule has 0 bridgehead atoms. The van der Waals surface area contributed by atoms with E-state index in [-0.39, 0.29) is 35.4 Å². The number of nitrogens with zero attached hydrogens (tertiary/aromatic N) is 1. The number of hydroxylamine groups is 2. The number of aryl methyl sites for hydroxylation is 1. The molecule has 1 aromatic heterocycles. The second kappa shape index (κ2) is 16.2. The van der Waals surface area contributed by atoms with Crippen molar-refractivity contribution in [3.05, 3.63) is 72.0 Å². The molecule has 0 spiro atoms. The molecule has 0 saturated carbocycles. The first-order valence-electron chi connectivity index (χ1n) is 12.8. The van der Waals surface area contributed by atoms with E-state index >= 15 is 0 Å². The second-order valence-electron chi connectivity index (χ2n) is 8.90. The van der Waals surface area contributed by atoms with Crippen LogP contribution in [0.4, 0.5) is 0 Å². The molecule has 3 aromatic rings. The molecule has 2 aromatic carbocycles. The van der Waals surface area contributed by atoms with Crippen molar-refractivity contribution in [2.24, 2.45) is 5.92 Å². The molecule has 3 amide bonds. The molecular weight excluding hydrogens is 553 g/mol. The van der Waals surface area contributed by atoms with Crippen LogP contribution in [0, 0.1) is 5.92 Å². The van der Waals surface area contributed by atoms with Gasteiger partial charge >= 0.3 is 8.03 Å². The Hall–Kier alpha value is -4.09. The summed E-state index contributed by atoms with van der Waals surface area (Å²) in [5.41, 5.74) is 1.47. The van der Waals surface area contributed by atoms with Crippen molar-refractivity contribution in [3.63, 3.8) is 0 Å². The minimum absolute atomic E-state index is 0. The number of benzene rings is 2. The first-order chi connectivity index (χ1) is 19.3. The van der Waals surface area contributed by atoms with Crippen LogP contribution < -0.4 is 20.7 Å². The number of furan rings is 1. The van der Waals surface area contributed by atoms with E-state index in [0.717, 1.165) is 5.56 Å². The van der Waals surface area contributed by atoms with E-state index < -0.39 is 31.8 Å². The molecule has 0 fully saturated rings. The van der Waals surface area contributed by atoms with Crippen molar-refractivity contribution >= 4 is 31.6 Å². The van der Waals surface area contributed by atoms with Gasteiger partial charge in [0.1, 0.15) is 11.5 Å². The monoisotopic (exact) mass is 588 g/mol. The SMILES string of the molecule is CCOc1cc(-c2ccc(C(=O)NCNC(=O)[C@H](CCc3ccccc3)[C@@H](CC)N(O)C=O)o2)cc([P+](=O)O)c1.O. The lowest BCUT2D eigenvalue weighted by Crippen LogP contribution is -2.47. The van der Waals surface area contributed by atoms with Gasteiger partial charge in [-0.05, 0) is 54.5 Å². The van der Waals surface area contributed by atoms with E-state index in [0.29, 0.717) is 42.2 Å². The van der Waals surface area contributed by atoms with Crippen LogP contribution in [0.1, 0.15) is 42.8 Å². The number of hydrogen-bond acceptors (Lipinski definition) is 7. The normalized spacial score (nSPS) is 12.3. The first-order valence-corrected chi connectivity index (χ1v) is 14.0. The molecule has 41 heavy (non-hydrogen) atoms. The van der Waals surface area contributed by atoms with Crippen LogP contribution in [0.2, 0.25) is 0 Å². The van der Waals surface area contributed by atoms with Crippen LogP contribution >= 0.6 is 8.03 Å². The third kappa shape index (κ3) is 9.22. The number of carbonyl (C=O) groups excluding carboxylic acids is 3. The van der Waals surface area contributed by atoms with Crippen molar-refractivity contribution in [3.8, 4) is 17.1 Å². The smallest absolute Gasteiger partial charge is 0.494 e. The van der Waals surface area contributed by atoms with E-state index in [1.165, 1.54) is 18.2 Å². The molecule has 220 valence electrons. The Balaban J connectivity index is 0.00000588. The third-order valence-electron chi connectivity index (χ3n) is 6.30. The molecule has 0 radical (unpaired) electrons. The summed E-state index contributed by atoms with van der Waals surface area (Å²) in [6.07, 6.45) is 1.55. The van der Waals surface area contributed by atoms with Gasteiger partial charge in [0, 0.05) is 17.7 Å². The van der Waals surface area contributed by atoms with Crippen LogP contribution in [0.3, 0.4) is 0 Å². The van der Waals surface area contributed by atoms with Crippen molar-refractivity contribution < 1.29 is 43.7 Å². The highest BCUT2D eigenvalue weighted by Gasteiger charge is 2.31. The van der Waals surface area contributed by atoms with Gasteiger partial charge in [0.05, 0.1) is 25.2 Å². The Bertz CT molecular complexity index is 1320. The maximum atomic E-state index is 13.1. The molecular formula is C28H35N3O9P+. The van der Waals surface area contributed by atoms with Crippen molar-refractivity contribution in [2.45, 2.75) is 39.2 Å². The van der Waals surface area contributed by atoms with E-state index in [1.807, 2.05) is 30.3 Å². The topological polar surface area (TPSA) is 190 Å². The zero-order chi connectivity index (χ0) is 29.1. The lowest BCUT2D eigenvalue weighted by Gasteiger charge is -2.29. The van der Waals surface area contributed by atoms with Crippen molar-refractivity contribution in [2.75, 3.05) is 13.3 Å². The molecule has 12 nitrogen and oxygen atoms in total. The van der Waals surface area contributed by atoms with E-state index in [4.69, 9.17) is 9.15 Å². The number of hydrogen-bond donors (Lipinski definition) is 4. The fourth-order valence-corrected chi connectivity index (χ4v) is 4.82. The Morgan fingerprint density at radius 1 is 1.10 bits per heavy atom. The summed E-state index contributed by atoms with van der Waals surface area (Å²) in [5.74, 6) is -1.10. The summed E-state index contributed by atoms with van der Waals surface area (Å²) in [7, 11) is -2.61. The molecule has 0 aliphatic rings. The van der Waals surface area contributed by atoms with Gasteiger partial charge in [0.2, 0.25) is 17.6 Å². The van der Waals surface area contributed by atoms with Gasteiger partial charge in [0.15, 0.2) is 5.76 Å². The van der Waals surface area contributed by atoms with E-state index in [9.17, 15) is 29.0 Å². The Kier molecular flexibility index (Phi) is 13.1. The summed E-state index contributed by atoms with van der Waals surface area (Å²) in [5, 5.41) is 15.9. The molecule has 3 rings (SSSR count). The lowest BCUT2D eigenvalue weighted by atomic mass is 9.90. The number of nitrogens with one attached hydrogen (secondary N) is 2. The van der Waals surface area contributed by atoms with Gasteiger partial charge in [-0.15, -0.1) is 0 Å². The quantitative estimate of drug-likeness (QED) is 0.0685. The molecule has 13 heteroatoms. The van der Waals surface area contributed by atoms with Crippen LogP contribution in [0.5, 0.6) is 5.75 Å². The fraction of sp³-hybridized carbons (Fsp3) is 0.321. The molecule has 6 N–H and O–H groups in total. The fourth-order valence-electron chi connectivity index (χ4n) is 4.33. The number of carbonyl (C=O) groups is 3. The Morgan fingerprint density at radius 3 is 2.46 bits per heavy atom. The van der Waals surface area contributed by atoms with Crippen LogP contribution in [0.25, 0.3) is 11.3 Å². The number of ether oxygens (including phenoxy) is 1. The molecule has 1 unspecified atom stereocenters. The van der Waals surface area contributed by atoms with E-state index in [2.05, 4.69) is 10.6 Å². The summed E-state index contributed by atoms with van der Waals surface area (Å²) < 4.78 is 22.8. The maximum absolute atomic E-state index is 13.1. The Labute approximate surface area is 238 Å². The zero-order valence-electron chi connectivity index (χ0n) is 22.8. The predicted molar refractivity (Wildman–Crippen MR) is 151 cm³/mol. The highest BCUT2D eigenvalue weighted by Crippen LogP contribution is 2.28. The molecule has 1 heterocycles. The summed E-state index contributed by atoms with van der Waals surface area (Å²) in [6.45, 7) is 3.70. The second-order valence-corrected chi connectivity index (χ2v) is 9.96. The minimum Gasteiger partial charge on any atom is -0.494 e. The molecule has 0 saturated heterocycles. The third-order valence-corrected chi connectivity index (χ3v) is 7.00. The van der Waals surface area contributed by atoms with Crippen LogP contribution in [-0.4, -0.2) is 58.2 Å². The van der Waals surface area contributed by atoms with Crippen molar-refractivity contribution in [1.29, 1.82) is 0 Å². The average Bonchev–Trinajstić information content (AvgIpc) is 3.46. The number of amides is 3. The Morgan fingerprint density at radius 2 is 1.83 bits per heavy atom. The summed E-state index contributed by atoms with van der Waals surface area (Å²) in [4.78, 5) is 46.5. The van der Waals surface area contributed by atoms with Gasteiger partial charge in [-0.25, -0.2) is 5.06 Å². The predicted octanol–water partition coefficient (Wildman–Crippen LogP) is 2.56. The summed E-state index contributed by atoms with van der Waals surface area (Å²) in [6, 6.07) is 16.4. The lowest BCUT2D eigenvalue weighted by molar-refractivity contribution is -0.168. The van der Waals surface area contributed by atoms with Gasteiger partial charge < -0.3 is 25.3 Å². The van der Waals surface area contributed by atoms with Gasteiger partial charge in [-0.1, -0.05) is 37.3 Å². The van der Waals surface area contributed by atoms with Gasteiger partial charge in [-0.3, -0.25) is 19.6 Å². The van der Waals surface area contributed by atoms with Crippen LogP contribution in [-0.2, 0) is 20.6 Å². The van der Waals surface area contributed by atoms with Crippen molar-refractivity contribution in [1.82, 2.24) is 15.7 Å². The minimum atomic E-state index is -2.61. The number of rotatable bonds is 15. The maximum Gasteiger partial charge on any atom is 0.546 e. The van der Waals surface area contributed by atoms with Gasteiger partial charge in [0.25, 0.3) is 5.91 Å². The standard InChI is InChI=1S/C28H32N3O8P.H2O/c1-3-24(31(35)18-32)23(11-10-19-8-6-5-7-9-19)27(33)29-17-30-28(34)26-13-12-25(39-26)20-14-21(38-4-2)16-22(15-20)40(36)37;/h5-9,12-16,18,23-24,35H,3-4,10-11,17H2,1-2H3,(H2-,29,30,33,34,36,37);1H2/p+1/t23-,24-;/m1./s1. The zero-order valence-corrected chi connectivity index (χ0v) is 23.7. The van der Waals surface area contributed by atoms with E-state index in [1.54, 1.807) is 26.0 Å².